The molecule has 2 saturated carbocycles. The van der Waals surface area contributed by atoms with Gasteiger partial charge in [-0.25, -0.2) is 4.98 Å². The molecular formula is C27H35N7O3. The summed E-state index contributed by atoms with van der Waals surface area (Å²) < 4.78 is 8.81. The molecule has 0 radical (unpaired) electrons. The zero-order valence-electron chi connectivity index (χ0n) is 21.8. The Bertz CT molecular complexity index is 1260. The number of hydrogen-bond donors (Lipinski definition) is 2. The highest BCUT2D eigenvalue weighted by molar-refractivity contribution is 6.00. The first kappa shape index (κ1) is 25.0. The number of amides is 2. The van der Waals surface area contributed by atoms with Crippen LogP contribution in [-0.2, 0) is 11.3 Å². The van der Waals surface area contributed by atoms with Crippen molar-refractivity contribution in [3.05, 3.63) is 53.7 Å². The number of aromatic nitrogens is 5. The highest BCUT2D eigenvalue weighted by atomic mass is 16.5. The molecule has 0 saturated heterocycles. The number of methoxy groups -OCH3 is 1. The van der Waals surface area contributed by atoms with E-state index in [2.05, 4.69) is 25.8 Å². The van der Waals surface area contributed by atoms with Crippen molar-refractivity contribution in [1.29, 1.82) is 0 Å². The maximum Gasteiger partial charge on any atom is 0.270 e. The molecule has 2 aliphatic rings. The van der Waals surface area contributed by atoms with Crippen molar-refractivity contribution in [2.45, 2.75) is 65.1 Å². The minimum absolute atomic E-state index is 0.0405. The molecule has 0 spiro atoms. The average Bonchev–Trinajstić information content (AvgIpc) is 3.79. The zero-order chi connectivity index (χ0) is 26.1. The van der Waals surface area contributed by atoms with Gasteiger partial charge in [-0.3, -0.25) is 19.0 Å². The lowest BCUT2D eigenvalue weighted by molar-refractivity contribution is -0.119. The lowest BCUT2D eigenvalue weighted by Crippen LogP contribution is -2.50. The summed E-state index contributed by atoms with van der Waals surface area (Å²) >= 11 is 0. The van der Waals surface area contributed by atoms with Crippen LogP contribution in [0.1, 0.15) is 67.2 Å². The predicted molar refractivity (Wildman–Crippen MR) is 138 cm³/mol. The molecule has 1 unspecified atom stereocenters. The van der Waals surface area contributed by atoms with E-state index >= 15 is 0 Å². The number of pyridine rings is 1. The van der Waals surface area contributed by atoms with Crippen LogP contribution in [0.4, 0.5) is 5.69 Å². The molecule has 3 aromatic heterocycles. The fraction of sp³-hybridized carbons (Fsp3) is 0.519. The first-order chi connectivity index (χ1) is 17.8. The summed E-state index contributed by atoms with van der Waals surface area (Å²) in [5.74, 6) is 1.16. The van der Waals surface area contributed by atoms with Gasteiger partial charge in [-0.15, -0.1) is 0 Å². The van der Waals surface area contributed by atoms with Crippen molar-refractivity contribution in [2.24, 2.45) is 17.8 Å². The number of hydrogen-bond acceptors (Lipinski definition) is 6. The lowest BCUT2D eigenvalue weighted by Gasteiger charge is -2.27. The van der Waals surface area contributed by atoms with E-state index in [1.807, 2.05) is 26.8 Å². The summed E-state index contributed by atoms with van der Waals surface area (Å²) in [7, 11) is 1.59. The zero-order valence-corrected chi connectivity index (χ0v) is 21.8. The molecule has 2 N–H and O–H groups in total. The highest BCUT2D eigenvalue weighted by Gasteiger charge is 2.48. The number of ether oxygens (including phenoxy) is 1. The summed E-state index contributed by atoms with van der Waals surface area (Å²) in [5.41, 5.74) is 2.98. The fourth-order valence-electron chi connectivity index (χ4n) is 5.17. The SMILES string of the molecule is COc1ncc(C)cc1Cn1cc(NC(=O)C(NC(=O)c2ccnn2C(C)C)C(C2CC2)C2CC2)cn1. The molecule has 2 aliphatic carbocycles. The van der Waals surface area contributed by atoms with E-state index in [1.165, 1.54) is 0 Å². The fourth-order valence-corrected chi connectivity index (χ4v) is 5.17. The second kappa shape index (κ2) is 10.4. The van der Waals surface area contributed by atoms with Crippen LogP contribution in [0.5, 0.6) is 5.88 Å². The van der Waals surface area contributed by atoms with Crippen LogP contribution in [0.25, 0.3) is 0 Å². The molecule has 10 nitrogen and oxygen atoms in total. The molecule has 37 heavy (non-hydrogen) atoms. The summed E-state index contributed by atoms with van der Waals surface area (Å²) in [6.07, 6.45) is 11.2. The monoisotopic (exact) mass is 505 g/mol. The van der Waals surface area contributed by atoms with Gasteiger partial charge in [-0.05, 0) is 81.9 Å². The first-order valence-electron chi connectivity index (χ1n) is 13.0. The van der Waals surface area contributed by atoms with Crippen LogP contribution in [0, 0.1) is 24.7 Å². The molecule has 1 atom stereocenters. The molecule has 3 heterocycles. The van der Waals surface area contributed by atoms with Crippen molar-refractivity contribution in [3.8, 4) is 5.88 Å². The van der Waals surface area contributed by atoms with E-state index in [4.69, 9.17) is 4.74 Å². The Balaban J connectivity index is 1.33. The molecule has 2 fully saturated rings. The van der Waals surface area contributed by atoms with Crippen LogP contribution in [0.3, 0.4) is 0 Å². The van der Waals surface area contributed by atoms with Crippen LogP contribution < -0.4 is 15.4 Å². The highest BCUT2D eigenvalue weighted by Crippen LogP contribution is 2.51. The predicted octanol–water partition coefficient (Wildman–Crippen LogP) is 3.59. The Hall–Kier alpha value is -3.69. The lowest BCUT2D eigenvalue weighted by atomic mass is 9.88. The van der Waals surface area contributed by atoms with Crippen molar-refractivity contribution >= 4 is 17.5 Å². The van der Waals surface area contributed by atoms with E-state index in [0.29, 0.717) is 35.6 Å². The number of carbonyl (C=O) groups is 2. The maximum atomic E-state index is 13.6. The van der Waals surface area contributed by atoms with Gasteiger partial charge in [-0.1, -0.05) is 0 Å². The Morgan fingerprint density at radius 2 is 1.86 bits per heavy atom. The topological polar surface area (TPSA) is 116 Å². The summed E-state index contributed by atoms with van der Waals surface area (Å²) in [6.45, 7) is 6.39. The third-order valence-electron chi connectivity index (χ3n) is 7.17. The van der Waals surface area contributed by atoms with E-state index in [0.717, 1.165) is 36.8 Å². The number of aryl methyl sites for hydroxylation is 1. The van der Waals surface area contributed by atoms with Gasteiger partial charge in [0, 0.05) is 30.2 Å². The third-order valence-corrected chi connectivity index (χ3v) is 7.17. The van der Waals surface area contributed by atoms with Gasteiger partial charge in [0.25, 0.3) is 5.91 Å². The number of rotatable bonds is 11. The molecule has 0 bridgehead atoms. The van der Waals surface area contributed by atoms with Crippen molar-refractivity contribution < 1.29 is 14.3 Å². The second-order valence-corrected chi connectivity index (χ2v) is 10.6. The smallest absolute Gasteiger partial charge is 0.270 e. The Kier molecular flexibility index (Phi) is 6.99. The molecule has 2 amide bonds. The number of anilines is 1. The van der Waals surface area contributed by atoms with Crippen molar-refractivity contribution in [1.82, 2.24) is 29.9 Å². The molecule has 0 aliphatic heterocycles. The quantitative estimate of drug-likeness (QED) is 0.411. The number of nitrogens with one attached hydrogen (secondary N) is 2. The van der Waals surface area contributed by atoms with Crippen molar-refractivity contribution in [3.63, 3.8) is 0 Å². The molecule has 196 valence electrons. The maximum absolute atomic E-state index is 13.6. The third kappa shape index (κ3) is 5.68. The molecule has 3 aromatic rings. The van der Waals surface area contributed by atoms with Gasteiger partial charge in [0.1, 0.15) is 11.7 Å². The Morgan fingerprint density at radius 3 is 2.51 bits per heavy atom. The summed E-state index contributed by atoms with van der Waals surface area (Å²) in [6, 6.07) is 3.13. The Labute approximate surface area is 216 Å². The van der Waals surface area contributed by atoms with Crippen molar-refractivity contribution in [2.75, 3.05) is 12.4 Å². The van der Waals surface area contributed by atoms with Crippen LogP contribution in [-0.4, -0.2) is 49.5 Å². The summed E-state index contributed by atoms with van der Waals surface area (Å²) in [4.78, 5) is 31.3. The van der Waals surface area contributed by atoms with Gasteiger partial charge in [-0.2, -0.15) is 10.2 Å². The minimum Gasteiger partial charge on any atom is -0.481 e. The minimum atomic E-state index is -0.618. The molecule has 0 aromatic carbocycles. The molecule has 5 rings (SSSR count). The van der Waals surface area contributed by atoms with Crippen LogP contribution in [0.15, 0.2) is 36.9 Å². The van der Waals surface area contributed by atoms with Gasteiger partial charge in [0.05, 0.1) is 25.5 Å². The van der Waals surface area contributed by atoms with E-state index in [-0.39, 0.29) is 23.8 Å². The standard InChI is InChI=1S/C27H35N7O3/c1-16(2)34-22(9-10-29-34)25(35)32-24(23(18-5-6-18)19-7-8-19)26(36)31-21-13-30-33(15-21)14-20-11-17(3)12-28-27(20)37-4/h9-13,15-16,18-19,23-24H,5-8,14H2,1-4H3,(H,31,36)(H,32,35). The van der Waals surface area contributed by atoms with Crippen LogP contribution >= 0.6 is 0 Å². The van der Waals surface area contributed by atoms with E-state index in [1.54, 1.807) is 47.3 Å². The molecule has 10 heteroatoms. The number of carbonyl (C=O) groups excluding carboxylic acids is 2. The summed E-state index contributed by atoms with van der Waals surface area (Å²) in [5, 5.41) is 14.8. The van der Waals surface area contributed by atoms with E-state index < -0.39 is 6.04 Å². The van der Waals surface area contributed by atoms with Gasteiger partial charge < -0.3 is 15.4 Å². The van der Waals surface area contributed by atoms with Crippen LogP contribution in [0.2, 0.25) is 0 Å². The normalized spacial score (nSPS) is 16.2. The van der Waals surface area contributed by atoms with Gasteiger partial charge in [0.15, 0.2) is 0 Å². The van der Waals surface area contributed by atoms with Gasteiger partial charge >= 0.3 is 0 Å². The average molecular weight is 506 g/mol. The second-order valence-electron chi connectivity index (χ2n) is 10.6. The van der Waals surface area contributed by atoms with Gasteiger partial charge in [0.2, 0.25) is 11.8 Å². The Morgan fingerprint density at radius 1 is 1.14 bits per heavy atom. The van der Waals surface area contributed by atoms with E-state index in [9.17, 15) is 9.59 Å². The molecular weight excluding hydrogens is 470 g/mol. The largest absolute Gasteiger partial charge is 0.481 e. The number of nitrogens with zero attached hydrogens (tertiary/aromatic N) is 5. The first-order valence-corrected chi connectivity index (χ1v) is 13.0.